The summed E-state index contributed by atoms with van der Waals surface area (Å²) < 4.78 is 6.90. The van der Waals surface area contributed by atoms with Crippen LogP contribution in [0.1, 0.15) is 74.9 Å². The summed E-state index contributed by atoms with van der Waals surface area (Å²) in [5.41, 5.74) is 21.3. The number of fused-ring (bicyclic) bond motifs is 12. The molecule has 3 heteroatoms. The number of para-hydroxylation sites is 2. The Bertz CT molecular complexity index is 3250. The smallest absolute Gasteiger partial charge is 0.159 e. The van der Waals surface area contributed by atoms with Crippen molar-refractivity contribution in [1.82, 2.24) is 0 Å². The molecule has 3 nitrogen and oxygen atoms in total. The Morgan fingerprint density at radius 3 is 1.67 bits per heavy atom. The Kier molecular flexibility index (Phi) is 7.09. The standard InChI is InChI=1S/C57H46N2O/c1-55(2)45-21-13-10-18-39(45)41-27-24-36(32-48(41)55)58(35-16-8-7-9-17-35)37-26-31-51-50(34-37)57(5,6)47-30-29-44-43-20-12-15-23-52(43)60-54(44)53(47)59(51)38-25-28-42-40-19-11-14-22-46(40)56(3,4)49(42)33-38/h7-34H,1-6H3. The largest absolute Gasteiger partial charge is 0.454 e. The fraction of sp³-hybridized carbons (Fsp3) is 0.158. The van der Waals surface area contributed by atoms with Crippen LogP contribution >= 0.6 is 0 Å². The molecule has 0 saturated carbocycles. The molecule has 290 valence electrons. The van der Waals surface area contributed by atoms with Crippen LogP contribution in [0.2, 0.25) is 0 Å². The van der Waals surface area contributed by atoms with Crippen LogP contribution in [0.15, 0.2) is 174 Å². The van der Waals surface area contributed by atoms with Gasteiger partial charge in [0.1, 0.15) is 5.58 Å². The van der Waals surface area contributed by atoms with Gasteiger partial charge < -0.3 is 14.2 Å². The summed E-state index contributed by atoms with van der Waals surface area (Å²) in [4.78, 5) is 4.93. The lowest BCUT2D eigenvalue weighted by atomic mass is 9.73. The molecule has 12 rings (SSSR count). The second-order valence-corrected chi connectivity index (χ2v) is 18.6. The van der Waals surface area contributed by atoms with Gasteiger partial charge in [0.05, 0.1) is 11.4 Å². The molecule has 2 aliphatic carbocycles. The van der Waals surface area contributed by atoms with E-state index in [1.807, 2.05) is 0 Å². The highest BCUT2D eigenvalue weighted by Crippen LogP contribution is 2.58. The Morgan fingerprint density at radius 1 is 0.400 bits per heavy atom. The molecule has 0 amide bonds. The van der Waals surface area contributed by atoms with Gasteiger partial charge in [-0.05, 0) is 116 Å². The van der Waals surface area contributed by atoms with Gasteiger partial charge in [0.2, 0.25) is 0 Å². The zero-order valence-corrected chi connectivity index (χ0v) is 35.0. The number of rotatable bonds is 4. The summed E-state index contributed by atoms with van der Waals surface area (Å²) in [6.45, 7) is 14.2. The van der Waals surface area contributed by atoms with Crippen molar-refractivity contribution < 1.29 is 4.42 Å². The van der Waals surface area contributed by atoms with Crippen molar-refractivity contribution in [1.29, 1.82) is 0 Å². The lowest BCUT2D eigenvalue weighted by Gasteiger charge is -2.43. The van der Waals surface area contributed by atoms with Gasteiger partial charge in [0, 0.05) is 49.8 Å². The number of furan rings is 1. The highest BCUT2D eigenvalue weighted by molar-refractivity contribution is 6.12. The molecule has 0 radical (unpaired) electrons. The first-order valence-electron chi connectivity index (χ1n) is 21.3. The first kappa shape index (κ1) is 35.1. The van der Waals surface area contributed by atoms with E-state index in [2.05, 4.69) is 221 Å². The first-order valence-corrected chi connectivity index (χ1v) is 21.3. The van der Waals surface area contributed by atoms with E-state index in [1.165, 1.54) is 55.6 Å². The molecule has 0 fully saturated rings. The van der Waals surface area contributed by atoms with Gasteiger partial charge in [-0.25, -0.2) is 0 Å². The van der Waals surface area contributed by atoms with Crippen LogP contribution in [0.3, 0.4) is 0 Å². The molecule has 8 aromatic carbocycles. The topological polar surface area (TPSA) is 19.6 Å². The van der Waals surface area contributed by atoms with E-state index in [0.717, 1.165) is 56.1 Å². The maximum absolute atomic E-state index is 6.90. The molecule has 1 aliphatic heterocycles. The molecular formula is C57H46N2O. The highest BCUT2D eigenvalue weighted by atomic mass is 16.3. The SMILES string of the molecule is CC1(C)c2ccccc2-c2ccc(N(c3ccccc3)c3ccc4c(c3)C(C)(C)c3ccc5c(oc6ccccc65)c3N4c3ccc4c(c3)C(C)(C)c3ccccc3-4)cc21. The number of benzene rings is 8. The van der Waals surface area contributed by atoms with Crippen molar-refractivity contribution >= 4 is 56.1 Å². The van der Waals surface area contributed by atoms with Gasteiger partial charge in [0.15, 0.2) is 5.58 Å². The molecule has 60 heavy (non-hydrogen) atoms. The Balaban J connectivity index is 1.08. The molecule has 0 saturated heterocycles. The van der Waals surface area contributed by atoms with Gasteiger partial charge in [-0.15, -0.1) is 0 Å². The van der Waals surface area contributed by atoms with E-state index in [4.69, 9.17) is 4.42 Å². The molecule has 0 bridgehead atoms. The second-order valence-electron chi connectivity index (χ2n) is 18.6. The van der Waals surface area contributed by atoms with Crippen LogP contribution in [-0.2, 0) is 16.2 Å². The summed E-state index contributed by atoms with van der Waals surface area (Å²) >= 11 is 0. The average Bonchev–Trinajstić information content (AvgIpc) is 3.84. The van der Waals surface area contributed by atoms with E-state index in [-0.39, 0.29) is 16.2 Å². The van der Waals surface area contributed by atoms with Crippen LogP contribution in [0.4, 0.5) is 34.1 Å². The summed E-state index contributed by atoms with van der Waals surface area (Å²) in [5, 5.41) is 2.27. The maximum Gasteiger partial charge on any atom is 0.159 e. The van der Waals surface area contributed by atoms with Crippen molar-refractivity contribution in [2.75, 3.05) is 9.80 Å². The molecule has 0 N–H and O–H groups in total. The van der Waals surface area contributed by atoms with Gasteiger partial charge in [-0.3, -0.25) is 0 Å². The minimum absolute atomic E-state index is 0.111. The van der Waals surface area contributed by atoms with E-state index >= 15 is 0 Å². The van der Waals surface area contributed by atoms with E-state index < -0.39 is 0 Å². The summed E-state index contributed by atoms with van der Waals surface area (Å²) in [6, 6.07) is 63.0. The Labute approximate surface area is 352 Å². The van der Waals surface area contributed by atoms with Gasteiger partial charge in [-0.1, -0.05) is 151 Å². The third-order valence-electron chi connectivity index (χ3n) is 14.2. The fourth-order valence-electron chi connectivity index (χ4n) is 11.1. The molecule has 2 heterocycles. The van der Waals surface area contributed by atoms with Crippen LogP contribution in [0.5, 0.6) is 0 Å². The van der Waals surface area contributed by atoms with Crippen molar-refractivity contribution in [3.05, 3.63) is 203 Å². The van der Waals surface area contributed by atoms with Gasteiger partial charge >= 0.3 is 0 Å². The lowest BCUT2D eigenvalue weighted by Crippen LogP contribution is -2.31. The van der Waals surface area contributed by atoms with Crippen LogP contribution < -0.4 is 9.80 Å². The summed E-state index contributed by atoms with van der Waals surface area (Å²) in [5.74, 6) is 0. The Morgan fingerprint density at radius 2 is 0.950 bits per heavy atom. The van der Waals surface area contributed by atoms with Gasteiger partial charge in [0.25, 0.3) is 0 Å². The van der Waals surface area contributed by atoms with Crippen molar-refractivity contribution in [3.63, 3.8) is 0 Å². The molecule has 9 aromatic rings. The minimum atomic E-state index is -0.361. The fourth-order valence-corrected chi connectivity index (χ4v) is 11.1. The third-order valence-corrected chi connectivity index (χ3v) is 14.2. The number of hydrogen-bond acceptors (Lipinski definition) is 3. The molecule has 3 aliphatic rings. The third kappa shape index (κ3) is 4.66. The quantitative estimate of drug-likeness (QED) is 0.178. The zero-order valence-electron chi connectivity index (χ0n) is 35.0. The van der Waals surface area contributed by atoms with Crippen LogP contribution in [0, 0.1) is 0 Å². The lowest BCUT2D eigenvalue weighted by molar-refractivity contribution is 0.623. The normalized spacial score (nSPS) is 15.9. The number of nitrogens with zero attached hydrogens (tertiary/aromatic N) is 2. The summed E-state index contributed by atoms with van der Waals surface area (Å²) in [6.07, 6.45) is 0. The average molecular weight is 775 g/mol. The molecule has 0 spiro atoms. The first-order chi connectivity index (χ1) is 29.0. The van der Waals surface area contributed by atoms with Crippen molar-refractivity contribution in [2.24, 2.45) is 0 Å². The van der Waals surface area contributed by atoms with E-state index in [1.54, 1.807) is 0 Å². The van der Waals surface area contributed by atoms with Crippen molar-refractivity contribution in [3.8, 4) is 22.3 Å². The van der Waals surface area contributed by atoms with Crippen LogP contribution in [0.25, 0.3) is 44.2 Å². The highest BCUT2D eigenvalue weighted by Gasteiger charge is 2.42. The Hall–Kier alpha value is -6.84. The molecule has 0 atom stereocenters. The predicted molar refractivity (Wildman–Crippen MR) is 250 cm³/mol. The maximum atomic E-state index is 6.90. The number of anilines is 6. The predicted octanol–water partition coefficient (Wildman–Crippen LogP) is 15.8. The summed E-state index contributed by atoms with van der Waals surface area (Å²) in [7, 11) is 0. The molecule has 0 unspecified atom stereocenters. The van der Waals surface area contributed by atoms with E-state index in [9.17, 15) is 0 Å². The van der Waals surface area contributed by atoms with Crippen LogP contribution in [-0.4, -0.2) is 0 Å². The minimum Gasteiger partial charge on any atom is -0.454 e. The number of hydrogen-bond donors (Lipinski definition) is 0. The zero-order chi connectivity index (χ0) is 40.7. The monoisotopic (exact) mass is 774 g/mol. The molecule has 1 aromatic heterocycles. The van der Waals surface area contributed by atoms with Crippen molar-refractivity contribution in [2.45, 2.75) is 57.8 Å². The molecular weight excluding hydrogens is 729 g/mol. The van der Waals surface area contributed by atoms with Gasteiger partial charge in [-0.2, -0.15) is 0 Å². The van der Waals surface area contributed by atoms with E-state index in [0.29, 0.717) is 0 Å². The second kappa shape index (κ2) is 12.1.